The van der Waals surface area contributed by atoms with Gasteiger partial charge in [-0.1, -0.05) is 12.1 Å². The van der Waals surface area contributed by atoms with Crippen molar-refractivity contribution in [1.82, 2.24) is 14.7 Å². The highest BCUT2D eigenvalue weighted by Gasteiger charge is 2.31. The molecule has 0 amide bonds. The van der Waals surface area contributed by atoms with Crippen molar-refractivity contribution in [3.63, 3.8) is 0 Å². The van der Waals surface area contributed by atoms with E-state index in [0.717, 1.165) is 12.1 Å². The molecule has 5 nitrogen and oxygen atoms in total. The third-order valence-corrected chi connectivity index (χ3v) is 3.67. The molecule has 0 unspecified atom stereocenters. The predicted octanol–water partition coefficient (Wildman–Crippen LogP) is 3.63. The second kappa shape index (κ2) is 7.77. The molecule has 0 bridgehead atoms. The molecular weight excluding hydrogens is 359 g/mol. The molecule has 1 aromatic carbocycles. The number of aromatic nitrogens is 2. The molecule has 2 aromatic rings. The van der Waals surface area contributed by atoms with E-state index in [1.54, 1.807) is 32.8 Å². The zero-order valence-electron chi connectivity index (χ0n) is 15.4. The molecule has 0 spiro atoms. The van der Waals surface area contributed by atoms with Crippen molar-refractivity contribution < 1.29 is 18.0 Å². The van der Waals surface area contributed by atoms with E-state index in [4.69, 9.17) is 0 Å². The van der Waals surface area contributed by atoms with E-state index < -0.39 is 17.5 Å². The lowest BCUT2D eigenvalue weighted by molar-refractivity contribution is -0.137. The summed E-state index contributed by atoms with van der Waals surface area (Å²) in [7, 11) is 3.36. The fourth-order valence-corrected chi connectivity index (χ4v) is 2.43. The van der Waals surface area contributed by atoms with E-state index >= 15 is 0 Å². The van der Waals surface area contributed by atoms with Crippen LogP contribution < -0.4 is 5.56 Å². The van der Waals surface area contributed by atoms with Gasteiger partial charge in [0, 0.05) is 31.9 Å². The molecule has 0 aliphatic rings. The number of ketones is 1. The highest BCUT2D eigenvalue weighted by Crippen LogP contribution is 2.30. The first-order valence-corrected chi connectivity index (χ1v) is 8.21. The summed E-state index contributed by atoms with van der Waals surface area (Å²) in [5, 5.41) is 4.21. The first-order valence-electron chi connectivity index (χ1n) is 8.21. The molecule has 8 heteroatoms. The Morgan fingerprint density at radius 3 is 2.41 bits per heavy atom. The molecule has 0 N–H and O–H groups in total. The smallest absolute Gasteiger partial charge is 0.383 e. The molecule has 0 radical (unpaired) electrons. The summed E-state index contributed by atoms with van der Waals surface area (Å²) < 4.78 is 40.1. The number of carbonyl (C=O) groups is 1. The van der Waals surface area contributed by atoms with Crippen LogP contribution in [0.1, 0.15) is 41.5 Å². The van der Waals surface area contributed by atoms with Crippen LogP contribution in [0.4, 0.5) is 13.2 Å². The van der Waals surface area contributed by atoms with Crippen LogP contribution in [0.15, 0.2) is 47.4 Å². The van der Waals surface area contributed by atoms with Gasteiger partial charge in [0.1, 0.15) is 0 Å². The van der Waals surface area contributed by atoms with E-state index in [-0.39, 0.29) is 28.4 Å². The molecule has 0 saturated carbocycles. The molecular formula is C19H20F3N3O2. The average Bonchev–Trinajstić information content (AvgIpc) is 2.58. The van der Waals surface area contributed by atoms with E-state index in [9.17, 15) is 22.8 Å². The Hall–Kier alpha value is -2.90. The summed E-state index contributed by atoms with van der Waals surface area (Å²) in [6, 6.07) is 6.66. The first kappa shape index (κ1) is 20.4. The molecule has 1 aromatic heterocycles. The van der Waals surface area contributed by atoms with Crippen LogP contribution in [-0.4, -0.2) is 34.6 Å². The van der Waals surface area contributed by atoms with Crippen molar-refractivity contribution in [3.05, 3.63) is 69.8 Å². The standard InChI is InChI=1S/C19H20F3N3O2/c1-12(2)25-17(26)9-8-16(23-25)15(11-24(3)4)18(27)13-6-5-7-14(10-13)19(20,21)22/h5-12H,1-4H3/b15-11-. The molecule has 0 aliphatic heterocycles. The molecule has 0 aliphatic carbocycles. The Morgan fingerprint density at radius 1 is 1.19 bits per heavy atom. The third kappa shape index (κ3) is 4.84. The number of hydrogen-bond acceptors (Lipinski definition) is 4. The summed E-state index contributed by atoms with van der Waals surface area (Å²) in [4.78, 5) is 26.4. The number of allylic oxidation sites excluding steroid dienone is 1. The number of nitrogens with zero attached hydrogens (tertiary/aromatic N) is 3. The quantitative estimate of drug-likeness (QED) is 0.588. The molecule has 2 rings (SSSR count). The lowest BCUT2D eigenvalue weighted by atomic mass is 9.99. The molecule has 27 heavy (non-hydrogen) atoms. The van der Waals surface area contributed by atoms with Gasteiger partial charge in [0.15, 0.2) is 5.78 Å². The predicted molar refractivity (Wildman–Crippen MR) is 96.3 cm³/mol. The van der Waals surface area contributed by atoms with Crippen molar-refractivity contribution in [2.75, 3.05) is 14.1 Å². The van der Waals surface area contributed by atoms with Crippen molar-refractivity contribution in [2.24, 2.45) is 0 Å². The summed E-state index contributed by atoms with van der Waals surface area (Å²) in [6.07, 6.45) is -3.08. The van der Waals surface area contributed by atoms with Crippen molar-refractivity contribution in [3.8, 4) is 0 Å². The van der Waals surface area contributed by atoms with Crippen LogP contribution in [0.25, 0.3) is 5.57 Å². The summed E-state index contributed by atoms with van der Waals surface area (Å²) in [5.41, 5.74) is -1.04. The average molecular weight is 379 g/mol. The maximum atomic E-state index is 13.0. The van der Waals surface area contributed by atoms with Gasteiger partial charge in [0.2, 0.25) is 0 Å². The molecule has 0 saturated heterocycles. The minimum Gasteiger partial charge on any atom is -0.383 e. The SMILES string of the molecule is CC(C)n1nc(/C(=C/N(C)C)C(=O)c2cccc(C(F)(F)F)c2)ccc1=O. The number of hydrogen-bond donors (Lipinski definition) is 0. The number of alkyl halides is 3. The Morgan fingerprint density at radius 2 is 1.85 bits per heavy atom. The largest absolute Gasteiger partial charge is 0.416 e. The topological polar surface area (TPSA) is 55.2 Å². The Balaban J connectivity index is 2.58. The van der Waals surface area contributed by atoms with Crippen LogP contribution in [0.5, 0.6) is 0 Å². The Labute approximate surface area is 154 Å². The van der Waals surface area contributed by atoms with E-state index in [1.165, 1.54) is 35.1 Å². The Bertz CT molecular complexity index is 928. The van der Waals surface area contributed by atoms with E-state index in [2.05, 4.69) is 5.10 Å². The van der Waals surface area contributed by atoms with Crippen molar-refractivity contribution in [2.45, 2.75) is 26.1 Å². The fourth-order valence-electron chi connectivity index (χ4n) is 2.43. The van der Waals surface area contributed by atoms with Gasteiger partial charge in [0.25, 0.3) is 5.56 Å². The maximum Gasteiger partial charge on any atom is 0.416 e. The van der Waals surface area contributed by atoms with Gasteiger partial charge in [-0.25, -0.2) is 4.68 Å². The first-order chi connectivity index (χ1) is 12.5. The monoisotopic (exact) mass is 379 g/mol. The Kier molecular flexibility index (Phi) is 5.88. The van der Waals surface area contributed by atoms with Crippen LogP contribution in [0.3, 0.4) is 0 Å². The number of Topliss-reactive ketones (excluding diaryl/α,β-unsaturated/α-hetero) is 1. The summed E-state index contributed by atoms with van der Waals surface area (Å²) >= 11 is 0. The van der Waals surface area contributed by atoms with E-state index in [1.807, 2.05) is 0 Å². The summed E-state index contributed by atoms with van der Waals surface area (Å²) in [6.45, 7) is 3.53. The van der Waals surface area contributed by atoms with Gasteiger partial charge < -0.3 is 4.90 Å². The minimum atomic E-state index is -4.55. The maximum absolute atomic E-state index is 13.0. The summed E-state index contributed by atoms with van der Waals surface area (Å²) in [5.74, 6) is -0.615. The fraction of sp³-hybridized carbons (Fsp3) is 0.316. The van der Waals surface area contributed by atoms with Gasteiger partial charge in [0.05, 0.1) is 22.9 Å². The second-order valence-corrected chi connectivity index (χ2v) is 6.51. The second-order valence-electron chi connectivity index (χ2n) is 6.51. The lowest BCUT2D eigenvalue weighted by Crippen LogP contribution is -2.25. The number of carbonyl (C=O) groups excluding carboxylic acids is 1. The van der Waals surface area contributed by atoms with Gasteiger partial charge in [-0.2, -0.15) is 18.3 Å². The minimum absolute atomic E-state index is 0.0914. The highest BCUT2D eigenvalue weighted by molar-refractivity contribution is 6.28. The van der Waals surface area contributed by atoms with Crippen molar-refractivity contribution in [1.29, 1.82) is 0 Å². The normalized spacial score (nSPS) is 12.4. The number of rotatable bonds is 5. The highest BCUT2D eigenvalue weighted by atomic mass is 19.4. The van der Waals surface area contributed by atoms with Gasteiger partial charge >= 0.3 is 6.18 Å². The lowest BCUT2D eigenvalue weighted by Gasteiger charge is -2.15. The van der Waals surface area contributed by atoms with Crippen LogP contribution in [-0.2, 0) is 6.18 Å². The van der Waals surface area contributed by atoms with Crippen LogP contribution in [0.2, 0.25) is 0 Å². The van der Waals surface area contributed by atoms with Gasteiger partial charge in [-0.05, 0) is 32.0 Å². The van der Waals surface area contributed by atoms with Crippen molar-refractivity contribution >= 4 is 11.4 Å². The molecule has 1 heterocycles. The number of halogens is 3. The zero-order valence-corrected chi connectivity index (χ0v) is 15.4. The molecule has 144 valence electrons. The van der Waals surface area contributed by atoms with Gasteiger partial charge in [-0.3, -0.25) is 9.59 Å². The zero-order chi connectivity index (χ0) is 20.4. The van der Waals surface area contributed by atoms with Gasteiger partial charge in [-0.15, -0.1) is 0 Å². The van der Waals surface area contributed by atoms with E-state index in [0.29, 0.717) is 0 Å². The van der Waals surface area contributed by atoms with Crippen LogP contribution >= 0.6 is 0 Å². The third-order valence-electron chi connectivity index (χ3n) is 3.67. The molecule has 0 atom stereocenters. The van der Waals surface area contributed by atoms with Crippen LogP contribution in [0, 0.1) is 0 Å². The number of benzene rings is 1. The molecule has 0 fully saturated rings.